The van der Waals surface area contributed by atoms with E-state index in [1.165, 1.54) is 18.9 Å². The summed E-state index contributed by atoms with van der Waals surface area (Å²) >= 11 is 1.39. The smallest absolute Gasteiger partial charge is 0.336 e. The Morgan fingerprint density at radius 3 is 2.67 bits per heavy atom. The molecule has 1 aromatic carbocycles. The monoisotopic (exact) mass is 383 g/mol. The number of nitrogens with one attached hydrogen (secondary N) is 2. The molecule has 1 unspecified atom stereocenters. The van der Waals surface area contributed by atoms with Crippen molar-refractivity contribution < 1.29 is 9.53 Å². The van der Waals surface area contributed by atoms with Crippen LogP contribution in [0.15, 0.2) is 58.1 Å². The number of hydrogen-bond acceptors (Lipinski definition) is 6. The van der Waals surface area contributed by atoms with E-state index in [0.717, 1.165) is 11.1 Å². The minimum absolute atomic E-state index is 0.279. The summed E-state index contributed by atoms with van der Waals surface area (Å²) in [5.41, 5.74) is 3.09. The predicted molar refractivity (Wildman–Crippen MR) is 107 cm³/mol. The summed E-state index contributed by atoms with van der Waals surface area (Å²) < 4.78 is 4.98. The molecule has 6 nitrogen and oxygen atoms in total. The van der Waals surface area contributed by atoms with Crippen LogP contribution in [-0.2, 0) is 9.53 Å². The summed E-state index contributed by atoms with van der Waals surface area (Å²) in [5, 5.41) is 3.61. The molecule has 0 saturated carbocycles. The molecule has 0 spiro atoms. The zero-order valence-electron chi connectivity index (χ0n) is 15.5. The number of anilines is 1. The average Bonchev–Trinajstić information content (AvgIpc) is 2.65. The van der Waals surface area contributed by atoms with Crippen LogP contribution >= 0.6 is 11.8 Å². The Balaban J connectivity index is 2.21. The summed E-state index contributed by atoms with van der Waals surface area (Å²) in [6, 6.07) is 7.75. The van der Waals surface area contributed by atoms with Crippen LogP contribution in [0, 0.1) is 6.92 Å². The normalized spacial score (nSPS) is 15.7. The first kappa shape index (κ1) is 19.0. The Bertz CT molecular complexity index is 977. The fraction of sp³-hybridized carbons (Fsp3) is 0.250. The van der Waals surface area contributed by atoms with E-state index in [2.05, 4.69) is 21.9 Å². The molecule has 1 aliphatic heterocycles. The van der Waals surface area contributed by atoms with Gasteiger partial charge in [0.25, 0.3) is 5.56 Å². The molecular formula is C20H21N3O3S. The van der Waals surface area contributed by atoms with Crippen LogP contribution in [-0.4, -0.2) is 28.8 Å². The highest BCUT2D eigenvalue weighted by Gasteiger charge is 2.36. The molecule has 2 N–H and O–H groups in total. The number of aromatic amines is 1. The van der Waals surface area contributed by atoms with Crippen molar-refractivity contribution in [2.24, 2.45) is 0 Å². The summed E-state index contributed by atoms with van der Waals surface area (Å²) in [4.78, 5) is 32.7. The van der Waals surface area contributed by atoms with Gasteiger partial charge in [-0.3, -0.25) is 4.79 Å². The molecule has 27 heavy (non-hydrogen) atoms. The van der Waals surface area contributed by atoms with Crippen molar-refractivity contribution >= 4 is 23.5 Å². The topological polar surface area (TPSA) is 84.1 Å². The number of H-pyrrole nitrogens is 1. The lowest BCUT2D eigenvalue weighted by molar-refractivity contribution is -0.136. The number of esters is 1. The minimum Gasteiger partial charge on any atom is -0.466 e. The number of carbonyl (C=O) groups is 1. The number of carbonyl (C=O) groups excluding carboxylic acids is 1. The zero-order chi connectivity index (χ0) is 19.6. The van der Waals surface area contributed by atoms with Gasteiger partial charge in [0.1, 0.15) is 5.82 Å². The lowest BCUT2D eigenvalue weighted by Crippen LogP contribution is -2.31. The third-order valence-corrected chi connectivity index (χ3v) is 5.24. The minimum atomic E-state index is -0.552. The zero-order valence-corrected chi connectivity index (χ0v) is 16.3. The number of ether oxygens (including phenoxy) is 1. The fourth-order valence-electron chi connectivity index (χ4n) is 3.11. The second-order valence-electron chi connectivity index (χ2n) is 6.23. The Kier molecular flexibility index (Phi) is 5.51. The number of methoxy groups -OCH3 is 1. The highest BCUT2D eigenvalue weighted by molar-refractivity contribution is 7.99. The first-order valence-corrected chi connectivity index (χ1v) is 9.45. The van der Waals surface area contributed by atoms with Gasteiger partial charge in [-0.2, -0.15) is 0 Å². The van der Waals surface area contributed by atoms with Gasteiger partial charge in [0.15, 0.2) is 5.16 Å². The van der Waals surface area contributed by atoms with Gasteiger partial charge in [0.2, 0.25) is 0 Å². The highest BCUT2D eigenvalue weighted by Crippen LogP contribution is 2.40. The van der Waals surface area contributed by atoms with Crippen LogP contribution in [0.5, 0.6) is 0 Å². The van der Waals surface area contributed by atoms with Crippen LogP contribution in [0.2, 0.25) is 0 Å². The maximum Gasteiger partial charge on any atom is 0.336 e. The van der Waals surface area contributed by atoms with Gasteiger partial charge in [-0.1, -0.05) is 47.7 Å². The van der Waals surface area contributed by atoms with Gasteiger partial charge in [0, 0.05) is 11.4 Å². The number of allylic oxidation sites excluding steroid dienone is 1. The molecule has 3 rings (SSSR count). The maximum absolute atomic E-state index is 12.9. The van der Waals surface area contributed by atoms with Crippen LogP contribution in [0.25, 0.3) is 0 Å². The van der Waals surface area contributed by atoms with E-state index >= 15 is 0 Å². The van der Waals surface area contributed by atoms with Gasteiger partial charge < -0.3 is 15.0 Å². The molecule has 1 atom stereocenters. The van der Waals surface area contributed by atoms with Crippen molar-refractivity contribution in [2.45, 2.75) is 24.9 Å². The molecule has 2 aromatic rings. The molecule has 0 saturated heterocycles. The lowest BCUT2D eigenvalue weighted by atomic mass is 9.82. The standard InChI is InChI=1S/C20H21N3O3S/c1-5-10-27-20-22-17-16(18(24)23-20)15(13-8-6-11(2)7-9-13)14(12(3)21-17)19(25)26-4/h5-9,15H,1,10H2,2-4H3,(H2,21,22,23,24). The van der Waals surface area contributed by atoms with Crippen LogP contribution in [0.1, 0.15) is 29.5 Å². The fourth-order valence-corrected chi connectivity index (χ4v) is 3.71. The van der Waals surface area contributed by atoms with Gasteiger partial charge in [-0.25, -0.2) is 9.78 Å². The lowest BCUT2D eigenvalue weighted by Gasteiger charge is -2.28. The van der Waals surface area contributed by atoms with E-state index in [0.29, 0.717) is 33.6 Å². The van der Waals surface area contributed by atoms with Crippen molar-refractivity contribution in [3.05, 3.63) is 75.2 Å². The van der Waals surface area contributed by atoms with Gasteiger partial charge in [-0.15, -0.1) is 6.58 Å². The second kappa shape index (κ2) is 7.84. The van der Waals surface area contributed by atoms with Gasteiger partial charge >= 0.3 is 5.97 Å². The SMILES string of the molecule is C=CCSc1nc2c(c(=O)[nH]1)C(c1ccc(C)cc1)C(C(=O)OC)=C(C)N2. The highest BCUT2D eigenvalue weighted by atomic mass is 32.2. The van der Waals surface area contributed by atoms with E-state index in [9.17, 15) is 9.59 Å². The van der Waals surface area contributed by atoms with Crippen LogP contribution in [0.4, 0.5) is 5.82 Å². The van der Waals surface area contributed by atoms with E-state index < -0.39 is 11.9 Å². The molecule has 7 heteroatoms. The molecule has 2 heterocycles. The Morgan fingerprint density at radius 1 is 1.33 bits per heavy atom. The number of aryl methyl sites for hydroxylation is 1. The summed E-state index contributed by atoms with van der Waals surface area (Å²) in [6.45, 7) is 7.45. The number of aromatic nitrogens is 2. The van der Waals surface area contributed by atoms with Gasteiger partial charge in [0.05, 0.1) is 24.2 Å². The number of thioether (sulfide) groups is 1. The maximum atomic E-state index is 12.9. The Hall–Kier alpha value is -2.80. The summed E-state index contributed by atoms with van der Waals surface area (Å²) in [5.74, 6) is 0.0662. The molecule has 0 bridgehead atoms. The van der Waals surface area contributed by atoms with E-state index in [1.807, 2.05) is 31.2 Å². The first-order chi connectivity index (χ1) is 13.0. The van der Waals surface area contributed by atoms with E-state index in [1.54, 1.807) is 13.0 Å². The van der Waals surface area contributed by atoms with Crippen LogP contribution < -0.4 is 10.9 Å². The van der Waals surface area contributed by atoms with Crippen molar-refractivity contribution in [2.75, 3.05) is 18.2 Å². The van der Waals surface area contributed by atoms with Crippen molar-refractivity contribution in [1.29, 1.82) is 0 Å². The van der Waals surface area contributed by atoms with Crippen LogP contribution in [0.3, 0.4) is 0 Å². The van der Waals surface area contributed by atoms with Crippen molar-refractivity contribution in [1.82, 2.24) is 9.97 Å². The summed E-state index contributed by atoms with van der Waals surface area (Å²) in [7, 11) is 1.34. The largest absolute Gasteiger partial charge is 0.466 e. The Morgan fingerprint density at radius 2 is 2.04 bits per heavy atom. The number of benzene rings is 1. The van der Waals surface area contributed by atoms with Gasteiger partial charge in [-0.05, 0) is 19.4 Å². The van der Waals surface area contributed by atoms with Crippen molar-refractivity contribution in [3.63, 3.8) is 0 Å². The number of rotatable bonds is 5. The molecule has 0 radical (unpaired) electrons. The second-order valence-corrected chi connectivity index (χ2v) is 7.24. The molecular weight excluding hydrogens is 362 g/mol. The van der Waals surface area contributed by atoms with E-state index in [-0.39, 0.29) is 5.56 Å². The number of fused-ring (bicyclic) bond motifs is 1. The van der Waals surface area contributed by atoms with E-state index in [4.69, 9.17) is 4.74 Å². The van der Waals surface area contributed by atoms with Crippen molar-refractivity contribution in [3.8, 4) is 0 Å². The predicted octanol–water partition coefficient (Wildman–Crippen LogP) is 3.36. The first-order valence-electron chi connectivity index (χ1n) is 8.46. The number of hydrogen-bond donors (Lipinski definition) is 2. The quantitative estimate of drug-likeness (QED) is 0.356. The molecule has 1 aliphatic rings. The molecule has 0 amide bonds. The molecule has 0 aliphatic carbocycles. The molecule has 1 aromatic heterocycles. The average molecular weight is 383 g/mol. The third-order valence-electron chi connectivity index (χ3n) is 4.37. The molecule has 140 valence electrons. The third kappa shape index (κ3) is 3.68. The molecule has 0 fully saturated rings. The Labute approximate surface area is 161 Å². The summed E-state index contributed by atoms with van der Waals surface area (Å²) in [6.07, 6.45) is 1.74. The number of nitrogens with zero attached hydrogens (tertiary/aromatic N) is 1.